The van der Waals surface area contributed by atoms with Crippen molar-refractivity contribution in [3.05, 3.63) is 35.9 Å². The summed E-state index contributed by atoms with van der Waals surface area (Å²) in [6.07, 6.45) is 0.443. The average molecular weight is 319 g/mol. The summed E-state index contributed by atoms with van der Waals surface area (Å²) >= 11 is 0. The van der Waals surface area contributed by atoms with Crippen LogP contribution in [0.4, 0.5) is 4.79 Å². The Morgan fingerprint density at radius 1 is 1.30 bits per heavy atom. The van der Waals surface area contributed by atoms with Crippen molar-refractivity contribution in [3.63, 3.8) is 0 Å². The molecule has 0 bridgehead atoms. The third-order valence-corrected chi connectivity index (χ3v) is 4.62. The number of ether oxygens (including phenoxy) is 2. The summed E-state index contributed by atoms with van der Waals surface area (Å²) < 4.78 is 11.0. The zero-order valence-corrected chi connectivity index (χ0v) is 13.1. The molecule has 0 aliphatic carbocycles. The topological polar surface area (TPSA) is 76.1 Å². The predicted molar refractivity (Wildman–Crippen MR) is 81.9 cm³/mol. The molecule has 6 nitrogen and oxygen atoms in total. The molecule has 2 heterocycles. The normalized spacial score (nSPS) is 29.9. The van der Waals surface area contributed by atoms with Crippen LogP contribution in [0.5, 0.6) is 0 Å². The Morgan fingerprint density at radius 3 is 2.74 bits per heavy atom. The second-order valence-corrected chi connectivity index (χ2v) is 6.18. The Hall–Kier alpha value is -2.08. The number of piperidine rings is 1. The largest absolute Gasteiger partial charge is 0.479 e. The molecule has 6 heteroatoms. The molecule has 2 aliphatic rings. The number of carboxylic acids is 1. The van der Waals surface area contributed by atoms with Gasteiger partial charge < -0.3 is 14.6 Å². The van der Waals surface area contributed by atoms with Crippen LogP contribution in [0.3, 0.4) is 0 Å². The Labute approximate surface area is 135 Å². The molecule has 1 aromatic rings. The molecular formula is C17H21NO5. The summed E-state index contributed by atoms with van der Waals surface area (Å²) in [6.45, 7) is 2.18. The Kier molecular flexibility index (Phi) is 4.52. The number of aliphatic carboxylic acids is 1. The average Bonchev–Trinajstić information content (AvgIpc) is 2.98. The van der Waals surface area contributed by atoms with E-state index in [9.17, 15) is 9.59 Å². The van der Waals surface area contributed by atoms with Gasteiger partial charge in [-0.1, -0.05) is 30.3 Å². The number of nitrogens with zero attached hydrogens (tertiary/aromatic N) is 1. The van der Waals surface area contributed by atoms with Gasteiger partial charge in [0, 0.05) is 12.5 Å². The van der Waals surface area contributed by atoms with Gasteiger partial charge in [0.2, 0.25) is 0 Å². The van der Waals surface area contributed by atoms with Gasteiger partial charge in [0.15, 0.2) is 6.10 Å². The van der Waals surface area contributed by atoms with E-state index >= 15 is 0 Å². The van der Waals surface area contributed by atoms with E-state index in [1.807, 2.05) is 37.3 Å². The molecule has 0 spiro atoms. The molecule has 4 unspecified atom stereocenters. The summed E-state index contributed by atoms with van der Waals surface area (Å²) in [7, 11) is 0. The molecule has 1 N–H and O–H groups in total. The van der Waals surface area contributed by atoms with Crippen molar-refractivity contribution >= 4 is 12.1 Å². The first-order chi connectivity index (χ1) is 11.1. The number of fused-ring (bicyclic) bond motifs is 1. The maximum Gasteiger partial charge on any atom is 0.410 e. The number of amides is 1. The van der Waals surface area contributed by atoms with Crippen LogP contribution in [0, 0.1) is 0 Å². The highest BCUT2D eigenvalue weighted by molar-refractivity contribution is 5.73. The lowest BCUT2D eigenvalue weighted by Crippen LogP contribution is -2.53. The van der Waals surface area contributed by atoms with E-state index in [4.69, 9.17) is 14.6 Å². The van der Waals surface area contributed by atoms with Crippen LogP contribution in [-0.4, -0.2) is 46.4 Å². The molecule has 0 saturated carbocycles. The van der Waals surface area contributed by atoms with Crippen molar-refractivity contribution in [2.75, 3.05) is 0 Å². The summed E-state index contributed by atoms with van der Waals surface area (Å²) in [5, 5.41) is 9.14. The van der Waals surface area contributed by atoms with Gasteiger partial charge in [-0.25, -0.2) is 9.59 Å². The summed E-state index contributed by atoms with van der Waals surface area (Å²) in [4.78, 5) is 25.3. The monoisotopic (exact) mass is 319 g/mol. The van der Waals surface area contributed by atoms with Crippen molar-refractivity contribution in [1.29, 1.82) is 0 Å². The van der Waals surface area contributed by atoms with Crippen LogP contribution in [0.25, 0.3) is 0 Å². The van der Waals surface area contributed by atoms with Gasteiger partial charge in [-0.3, -0.25) is 4.90 Å². The molecule has 0 radical (unpaired) electrons. The zero-order chi connectivity index (χ0) is 16.4. The fourth-order valence-corrected chi connectivity index (χ4v) is 3.42. The fraction of sp³-hybridized carbons (Fsp3) is 0.529. The van der Waals surface area contributed by atoms with Gasteiger partial charge in [-0.2, -0.15) is 0 Å². The molecule has 1 amide bonds. The number of carboxylic acid groups (broad SMARTS) is 1. The molecule has 23 heavy (non-hydrogen) atoms. The van der Waals surface area contributed by atoms with Crippen LogP contribution in [-0.2, 0) is 20.9 Å². The van der Waals surface area contributed by atoms with Crippen molar-refractivity contribution in [1.82, 2.24) is 4.90 Å². The molecule has 3 rings (SSSR count). The fourth-order valence-electron chi connectivity index (χ4n) is 3.42. The van der Waals surface area contributed by atoms with Crippen molar-refractivity contribution in [2.24, 2.45) is 0 Å². The first-order valence-electron chi connectivity index (χ1n) is 7.93. The Morgan fingerprint density at radius 2 is 2.04 bits per heavy atom. The van der Waals surface area contributed by atoms with E-state index in [1.165, 1.54) is 0 Å². The quantitative estimate of drug-likeness (QED) is 0.926. The second-order valence-electron chi connectivity index (χ2n) is 6.18. The molecule has 2 aliphatic heterocycles. The first-order valence-corrected chi connectivity index (χ1v) is 7.93. The minimum atomic E-state index is -0.968. The third-order valence-electron chi connectivity index (χ3n) is 4.62. The van der Waals surface area contributed by atoms with Crippen LogP contribution in [0.15, 0.2) is 30.3 Å². The van der Waals surface area contributed by atoms with E-state index in [2.05, 4.69) is 0 Å². The van der Waals surface area contributed by atoms with Gasteiger partial charge in [-0.15, -0.1) is 0 Å². The second kappa shape index (κ2) is 6.58. The van der Waals surface area contributed by atoms with Crippen LogP contribution in [0.2, 0.25) is 0 Å². The zero-order valence-electron chi connectivity index (χ0n) is 13.1. The Bertz CT molecular complexity index is 576. The molecule has 1 aromatic carbocycles. The van der Waals surface area contributed by atoms with Crippen molar-refractivity contribution < 1.29 is 24.2 Å². The highest BCUT2D eigenvalue weighted by Gasteiger charge is 2.48. The number of carbonyl (C=O) groups excluding carboxylic acids is 1. The van der Waals surface area contributed by atoms with Crippen molar-refractivity contribution in [2.45, 2.75) is 57.1 Å². The standard InChI is InChI=1S/C17H21NO5/c1-11-7-8-14-13(9-15(23-14)16(19)20)18(11)17(21)22-10-12-5-3-2-4-6-12/h2-6,11,13-15H,7-10H2,1H3,(H,19,20). The van der Waals surface area contributed by atoms with E-state index in [1.54, 1.807) is 4.90 Å². The van der Waals surface area contributed by atoms with E-state index in [0.717, 1.165) is 18.4 Å². The van der Waals surface area contributed by atoms with Gasteiger partial charge in [0.1, 0.15) is 6.61 Å². The number of hydrogen-bond acceptors (Lipinski definition) is 4. The Balaban J connectivity index is 1.66. The van der Waals surface area contributed by atoms with Crippen LogP contribution in [0.1, 0.15) is 31.7 Å². The molecule has 2 saturated heterocycles. The number of rotatable bonds is 3. The van der Waals surface area contributed by atoms with Crippen molar-refractivity contribution in [3.8, 4) is 0 Å². The number of benzene rings is 1. The van der Waals surface area contributed by atoms with Crippen LogP contribution >= 0.6 is 0 Å². The lowest BCUT2D eigenvalue weighted by atomic mass is 9.93. The van der Waals surface area contributed by atoms with E-state index in [0.29, 0.717) is 6.42 Å². The van der Waals surface area contributed by atoms with Gasteiger partial charge >= 0.3 is 12.1 Å². The van der Waals surface area contributed by atoms with E-state index < -0.39 is 18.2 Å². The number of carbonyl (C=O) groups is 2. The van der Waals surface area contributed by atoms with E-state index in [-0.39, 0.29) is 24.8 Å². The molecule has 4 atom stereocenters. The van der Waals surface area contributed by atoms with Gasteiger partial charge in [-0.05, 0) is 25.3 Å². The minimum absolute atomic E-state index is 0.0238. The lowest BCUT2D eigenvalue weighted by molar-refractivity contribution is -0.149. The molecule has 0 aromatic heterocycles. The maximum atomic E-state index is 12.5. The maximum absolute atomic E-state index is 12.5. The first kappa shape index (κ1) is 15.8. The smallest absolute Gasteiger partial charge is 0.410 e. The molecule has 2 fully saturated rings. The highest BCUT2D eigenvalue weighted by Crippen LogP contribution is 2.35. The van der Waals surface area contributed by atoms with Crippen LogP contribution < -0.4 is 0 Å². The number of hydrogen-bond donors (Lipinski definition) is 1. The number of likely N-dealkylation sites (tertiary alicyclic amines) is 1. The third kappa shape index (κ3) is 3.32. The lowest BCUT2D eigenvalue weighted by Gasteiger charge is -2.40. The minimum Gasteiger partial charge on any atom is -0.479 e. The SMILES string of the molecule is CC1CCC2OC(C(=O)O)CC2N1C(=O)OCc1ccccc1. The molecular weight excluding hydrogens is 298 g/mol. The highest BCUT2D eigenvalue weighted by atomic mass is 16.6. The summed E-state index contributed by atoms with van der Waals surface area (Å²) in [5.74, 6) is -0.968. The van der Waals surface area contributed by atoms with Gasteiger partial charge in [0.25, 0.3) is 0 Å². The molecule has 124 valence electrons. The summed E-state index contributed by atoms with van der Waals surface area (Å²) in [6, 6.07) is 9.29. The predicted octanol–water partition coefficient (Wildman–Crippen LogP) is 2.42. The van der Waals surface area contributed by atoms with Gasteiger partial charge in [0.05, 0.1) is 12.1 Å². The summed E-state index contributed by atoms with van der Waals surface area (Å²) in [5.41, 5.74) is 0.924.